The number of nitrogens with one attached hydrogen (secondary N) is 2. The molecule has 0 atom stereocenters. The van der Waals surface area contributed by atoms with Crippen molar-refractivity contribution >= 4 is 22.6 Å². The van der Waals surface area contributed by atoms with Gasteiger partial charge in [-0.25, -0.2) is 9.37 Å². The highest BCUT2D eigenvalue weighted by Gasteiger charge is 2.02. The first-order valence-electron chi connectivity index (χ1n) is 8.72. The quantitative estimate of drug-likeness (QED) is 0.631. The lowest BCUT2D eigenvalue weighted by Gasteiger charge is -2.08. The van der Waals surface area contributed by atoms with Crippen molar-refractivity contribution < 1.29 is 9.18 Å². The fourth-order valence-electron chi connectivity index (χ4n) is 2.87. The molecule has 1 amide bonds. The van der Waals surface area contributed by atoms with Crippen molar-refractivity contribution in [1.82, 2.24) is 10.3 Å². The molecule has 0 aliphatic carbocycles. The van der Waals surface area contributed by atoms with Gasteiger partial charge in [0.2, 0.25) is 5.91 Å². The molecule has 134 valence electrons. The summed E-state index contributed by atoms with van der Waals surface area (Å²) in [5.74, 6) is 0.246. The minimum atomic E-state index is -0.183. The number of aryl methyl sites for hydroxylation is 1. The first-order chi connectivity index (χ1) is 12.6. The van der Waals surface area contributed by atoms with Gasteiger partial charge < -0.3 is 10.6 Å². The van der Waals surface area contributed by atoms with Gasteiger partial charge in [0.15, 0.2) is 0 Å². The molecule has 0 spiro atoms. The van der Waals surface area contributed by atoms with Gasteiger partial charge in [0.25, 0.3) is 0 Å². The third-order valence-electron chi connectivity index (χ3n) is 4.10. The van der Waals surface area contributed by atoms with Gasteiger partial charge in [0.05, 0.1) is 5.52 Å². The number of pyridine rings is 1. The number of amides is 1. The Bertz CT molecular complexity index is 911. The van der Waals surface area contributed by atoms with E-state index in [9.17, 15) is 9.18 Å². The fraction of sp³-hybridized carbons (Fsp3) is 0.238. The molecule has 0 saturated heterocycles. The number of carbonyl (C=O) groups excluding carboxylic acids is 1. The summed E-state index contributed by atoms with van der Waals surface area (Å²) in [7, 11) is 0. The number of hydrogen-bond acceptors (Lipinski definition) is 3. The molecule has 1 aromatic heterocycles. The van der Waals surface area contributed by atoms with Crippen molar-refractivity contribution in [2.45, 2.75) is 26.3 Å². The molecular formula is C21H22FN3O. The molecule has 0 saturated carbocycles. The maximum absolute atomic E-state index is 13.1. The van der Waals surface area contributed by atoms with E-state index in [1.54, 1.807) is 18.2 Å². The summed E-state index contributed by atoms with van der Waals surface area (Å²) in [5, 5.41) is 7.15. The second-order valence-electron chi connectivity index (χ2n) is 6.31. The summed E-state index contributed by atoms with van der Waals surface area (Å²) >= 11 is 0. The van der Waals surface area contributed by atoms with Gasteiger partial charge in [-0.3, -0.25) is 4.79 Å². The minimum Gasteiger partial charge on any atom is -0.313 e. The van der Waals surface area contributed by atoms with Crippen LogP contribution in [0, 0.1) is 5.82 Å². The van der Waals surface area contributed by atoms with Crippen molar-refractivity contribution in [2.75, 3.05) is 11.9 Å². The zero-order chi connectivity index (χ0) is 18.4. The number of aromatic nitrogens is 1. The van der Waals surface area contributed by atoms with Crippen LogP contribution >= 0.6 is 0 Å². The number of benzene rings is 2. The molecular weight excluding hydrogens is 329 g/mol. The van der Waals surface area contributed by atoms with Crippen molar-refractivity contribution in [3.8, 4) is 0 Å². The van der Waals surface area contributed by atoms with Crippen LogP contribution in [0.2, 0.25) is 0 Å². The number of carbonyl (C=O) groups is 1. The summed E-state index contributed by atoms with van der Waals surface area (Å²) in [6, 6.07) is 16.6. The van der Waals surface area contributed by atoms with Gasteiger partial charge in [-0.1, -0.05) is 24.3 Å². The molecule has 0 unspecified atom stereocenters. The lowest BCUT2D eigenvalue weighted by Crippen LogP contribution is -2.15. The Hall–Kier alpha value is -2.79. The molecule has 0 aliphatic heterocycles. The van der Waals surface area contributed by atoms with E-state index in [1.165, 1.54) is 13.0 Å². The highest BCUT2D eigenvalue weighted by atomic mass is 19.1. The summed E-state index contributed by atoms with van der Waals surface area (Å²) < 4.78 is 13.1. The second kappa shape index (κ2) is 8.54. The Morgan fingerprint density at radius 1 is 1.08 bits per heavy atom. The number of fused-ring (bicyclic) bond motifs is 1. The average Bonchev–Trinajstić information content (AvgIpc) is 2.60. The van der Waals surface area contributed by atoms with Crippen LogP contribution in [0.1, 0.15) is 24.5 Å². The SMILES string of the molecule is CC(=O)Nc1ccc2ccc(CNCCCc3cccc(F)c3)cc2n1. The topological polar surface area (TPSA) is 54.0 Å². The Morgan fingerprint density at radius 2 is 1.92 bits per heavy atom. The van der Waals surface area contributed by atoms with Crippen LogP contribution in [0.15, 0.2) is 54.6 Å². The van der Waals surface area contributed by atoms with Gasteiger partial charge in [0, 0.05) is 18.9 Å². The molecule has 0 bridgehead atoms. The Kier molecular flexibility index (Phi) is 5.92. The normalized spacial score (nSPS) is 10.8. The first-order valence-corrected chi connectivity index (χ1v) is 8.72. The number of anilines is 1. The lowest BCUT2D eigenvalue weighted by molar-refractivity contribution is -0.114. The second-order valence-corrected chi connectivity index (χ2v) is 6.31. The predicted octanol–water partition coefficient (Wildman–Crippen LogP) is 4.05. The van der Waals surface area contributed by atoms with Crippen LogP contribution in [0.4, 0.5) is 10.2 Å². The Labute approximate surface area is 152 Å². The molecule has 5 heteroatoms. The van der Waals surface area contributed by atoms with Gasteiger partial charge >= 0.3 is 0 Å². The monoisotopic (exact) mass is 351 g/mol. The standard InChI is InChI=1S/C21H22FN3O/c1-15(26)24-21-10-9-18-8-7-17(13-20(18)25-21)14-23-11-3-5-16-4-2-6-19(22)12-16/h2,4,6-10,12-13,23H,3,5,11,14H2,1H3,(H,24,25,26). The number of halogens is 1. The summed E-state index contributed by atoms with van der Waals surface area (Å²) in [6.45, 7) is 3.06. The minimum absolute atomic E-state index is 0.132. The number of rotatable bonds is 7. The molecule has 1 heterocycles. The van der Waals surface area contributed by atoms with Crippen molar-refractivity contribution in [2.24, 2.45) is 0 Å². The van der Waals surface area contributed by atoms with E-state index in [4.69, 9.17) is 0 Å². The number of hydrogen-bond donors (Lipinski definition) is 2. The maximum Gasteiger partial charge on any atom is 0.222 e. The summed E-state index contributed by atoms with van der Waals surface area (Å²) in [4.78, 5) is 15.6. The van der Waals surface area contributed by atoms with Gasteiger partial charge in [-0.05, 0) is 60.8 Å². The fourth-order valence-corrected chi connectivity index (χ4v) is 2.87. The molecule has 2 N–H and O–H groups in total. The third kappa shape index (κ3) is 5.10. The van der Waals surface area contributed by atoms with Crippen LogP contribution < -0.4 is 10.6 Å². The maximum atomic E-state index is 13.1. The molecule has 3 rings (SSSR count). The average molecular weight is 351 g/mol. The zero-order valence-corrected chi connectivity index (χ0v) is 14.8. The van der Waals surface area contributed by atoms with Crippen LogP contribution in [-0.4, -0.2) is 17.4 Å². The molecule has 0 aliphatic rings. The highest BCUT2D eigenvalue weighted by molar-refractivity contribution is 5.89. The van der Waals surface area contributed by atoms with E-state index in [1.807, 2.05) is 24.3 Å². The van der Waals surface area contributed by atoms with E-state index in [0.29, 0.717) is 5.82 Å². The largest absolute Gasteiger partial charge is 0.313 e. The molecule has 3 aromatic rings. The molecule has 0 radical (unpaired) electrons. The Morgan fingerprint density at radius 3 is 2.73 bits per heavy atom. The molecule has 4 nitrogen and oxygen atoms in total. The third-order valence-corrected chi connectivity index (χ3v) is 4.10. The van der Waals surface area contributed by atoms with Crippen molar-refractivity contribution in [3.05, 3.63) is 71.5 Å². The molecule has 0 fully saturated rings. The highest BCUT2D eigenvalue weighted by Crippen LogP contribution is 2.17. The van der Waals surface area contributed by atoms with Gasteiger partial charge in [-0.2, -0.15) is 0 Å². The smallest absolute Gasteiger partial charge is 0.222 e. The van der Waals surface area contributed by atoms with E-state index in [-0.39, 0.29) is 11.7 Å². The van der Waals surface area contributed by atoms with Crippen molar-refractivity contribution in [1.29, 1.82) is 0 Å². The van der Waals surface area contributed by atoms with Crippen LogP contribution in [-0.2, 0) is 17.8 Å². The van der Waals surface area contributed by atoms with Crippen LogP contribution in [0.3, 0.4) is 0 Å². The molecule has 2 aromatic carbocycles. The lowest BCUT2D eigenvalue weighted by atomic mass is 10.1. The number of nitrogens with zero attached hydrogens (tertiary/aromatic N) is 1. The van der Waals surface area contributed by atoms with Gasteiger partial charge in [0.1, 0.15) is 11.6 Å². The van der Waals surface area contributed by atoms with Crippen LogP contribution in [0.25, 0.3) is 10.9 Å². The van der Waals surface area contributed by atoms with E-state index < -0.39 is 0 Å². The molecule has 26 heavy (non-hydrogen) atoms. The predicted molar refractivity (Wildman–Crippen MR) is 102 cm³/mol. The van der Waals surface area contributed by atoms with E-state index in [2.05, 4.69) is 21.7 Å². The van der Waals surface area contributed by atoms with E-state index in [0.717, 1.165) is 48.0 Å². The summed E-state index contributed by atoms with van der Waals surface area (Å²) in [6.07, 6.45) is 1.80. The van der Waals surface area contributed by atoms with E-state index >= 15 is 0 Å². The van der Waals surface area contributed by atoms with Crippen LogP contribution in [0.5, 0.6) is 0 Å². The summed E-state index contributed by atoms with van der Waals surface area (Å²) in [5.41, 5.74) is 3.01. The first kappa shape index (κ1) is 18.0. The zero-order valence-electron chi connectivity index (χ0n) is 14.8. The van der Waals surface area contributed by atoms with Crippen molar-refractivity contribution in [3.63, 3.8) is 0 Å². The van der Waals surface area contributed by atoms with Gasteiger partial charge in [-0.15, -0.1) is 0 Å². The Balaban J connectivity index is 1.52.